The van der Waals surface area contributed by atoms with Crippen LogP contribution in [0.4, 0.5) is 5.69 Å². The molecule has 0 atom stereocenters. The molecule has 1 aliphatic heterocycles. The van der Waals surface area contributed by atoms with Gasteiger partial charge >= 0.3 is 0 Å². The molecule has 0 radical (unpaired) electrons. The largest absolute Gasteiger partial charge is 0.492 e. The van der Waals surface area contributed by atoms with Crippen LogP contribution in [-0.4, -0.2) is 12.8 Å². The maximum Gasteiger partial charge on any atom is 0.130 e. The second kappa shape index (κ2) is 4.37. The summed E-state index contributed by atoms with van der Waals surface area (Å²) in [6.45, 7) is 7.17. The molecule has 16 heavy (non-hydrogen) atoms. The lowest BCUT2D eigenvalue weighted by atomic mass is 9.98. The van der Waals surface area contributed by atoms with Crippen LogP contribution in [0.15, 0.2) is 22.6 Å². The first kappa shape index (κ1) is 11.3. The van der Waals surface area contributed by atoms with Gasteiger partial charge in [0.25, 0.3) is 0 Å². The van der Waals surface area contributed by atoms with Crippen LogP contribution < -0.4 is 9.46 Å². The van der Waals surface area contributed by atoms with Gasteiger partial charge < -0.3 is 9.46 Å². The van der Waals surface area contributed by atoms with E-state index in [0.717, 1.165) is 17.0 Å². The van der Waals surface area contributed by atoms with Gasteiger partial charge in [-0.25, -0.2) is 4.40 Å². The van der Waals surface area contributed by atoms with Gasteiger partial charge in [0.05, 0.1) is 36.2 Å². The molecule has 1 aromatic rings. The Balaban J connectivity index is 2.19. The predicted octanol–water partition coefficient (Wildman–Crippen LogP) is 3.52. The molecule has 2 rings (SSSR count). The molecule has 0 saturated carbocycles. The first-order valence-electron chi connectivity index (χ1n) is 5.27. The Morgan fingerprint density at radius 1 is 1.38 bits per heavy atom. The molecular weight excluding hydrogens is 220 g/mol. The van der Waals surface area contributed by atoms with Crippen LogP contribution in [0.25, 0.3) is 0 Å². The van der Waals surface area contributed by atoms with Crippen LogP contribution in [0.2, 0.25) is 0 Å². The third-order valence-corrected chi connectivity index (χ3v) is 2.64. The highest BCUT2D eigenvalue weighted by Gasteiger charge is 2.15. The smallest absolute Gasteiger partial charge is 0.130 e. The van der Waals surface area contributed by atoms with Gasteiger partial charge in [-0.1, -0.05) is 26.8 Å². The first-order chi connectivity index (χ1) is 7.56. The van der Waals surface area contributed by atoms with Crippen LogP contribution in [0.3, 0.4) is 0 Å². The van der Waals surface area contributed by atoms with Crippen molar-refractivity contribution < 1.29 is 4.74 Å². The highest BCUT2D eigenvalue weighted by Crippen LogP contribution is 2.31. The van der Waals surface area contributed by atoms with Crippen molar-refractivity contribution in [2.24, 2.45) is 9.81 Å². The van der Waals surface area contributed by atoms with Crippen molar-refractivity contribution in [3.05, 3.63) is 23.8 Å². The lowest BCUT2D eigenvalue weighted by Gasteiger charge is -2.21. The number of anilines is 1. The standard InChI is InChI=1S/C12H16N2OS/c1-12(2,3)8-15-11-6-4-5-10-9(11)7-13-16-14-10/h4-7,14H,8H2,1-3H3. The summed E-state index contributed by atoms with van der Waals surface area (Å²) in [6, 6.07) is 6.00. The van der Waals surface area contributed by atoms with Gasteiger partial charge in [0.2, 0.25) is 0 Å². The second-order valence-corrected chi connectivity index (χ2v) is 5.59. The topological polar surface area (TPSA) is 33.6 Å². The number of hydrogen-bond acceptors (Lipinski definition) is 4. The van der Waals surface area contributed by atoms with Crippen LogP contribution in [0.1, 0.15) is 26.3 Å². The zero-order valence-corrected chi connectivity index (χ0v) is 10.6. The van der Waals surface area contributed by atoms with Gasteiger partial charge in [-0.05, 0) is 17.5 Å². The summed E-state index contributed by atoms with van der Waals surface area (Å²) in [5.41, 5.74) is 2.26. The Morgan fingerprint density at radius 2 is 2.19 bits per heavy atom. The number of benzene rings is 1. The molecule has 3 nitrogen and oxygen atoms in total. The molecule has 1 N–H and O–H groups in total. The second-order valence-electron chi connectivity index (χ2n) is 4.99. The maximum atomic E-state index is 5.83. The lowest BCUT2D eigenvalue weighted by molar-refractivity contribution is 0.198. The Morgan fingerprint density at radius 3 is 2.94 bits per heavy atom. The minimum absolute atomic E-state index is 0.163. The van der Waals surface area contributed by atoms with Crippen molar-refractivity contribution >= 4 is 24.0 Å². The molecule has 1 heterocycles. The van der Waals surface area contributed by atoms with E-state index in [1.807, 2.05) is 24.4 Å². The summed E-state index contributed by atoms with van der Waals surface area (Å²) >= 11 is 1.33. The van der Waals surface area contributed by atoms with Gasteiger partial charge in [-0.15, -0.1) is 0 Å². The van der Waals surface area contributed by atoms with Crippen LogP contribution in [-0.2, 0) is 0 Å². The summed E-state index contributed by atoms with van der Waals surface area (Å²) < 4.78 is 13.1. The molecule has 1 aromatic carbocycles. The molecule has 0 unspecified atom stereocenters. The summed E-state index contributed by atoms with van der Waals surface area (Å²) in [7, 11) is 0. The van der Waals surface area contributed by atoms with Gasteiger partial charge in [0.15, 0.2) is 0 Å². The van der Waals surface area contributed by atoms with E-state index in [2.05, 4.69) is 29.9 Å². The van der Waals surface area contributed by atoms with Crippen molar-refractivity contribution in [2.45, 2.75) is 20.8 Å². The molecule has 0 amide bonds. The lowest BCUT2D eigenvalue weighted by Crippen LogP contribution is -2.17. The summed E-state index contributed by atoms with van der Waals surface area (Å²) in [6.07, 6.45) is 1.84. The number of hydrogen-bond donors (Lipinski definition) is 1. The first-order valence-corrected chi connectivity index (χ1v) is 6.05. The Kier molecular flexibility index (Phi) is 3.10. The van der Waals surface area contributed by atoms with Crippen molar-refractivity contribution in [1.29, 1.82) is 0 Å². The van der Waals surface area contributed by atoms with E-state index in [4.69, 9.17) is 4.74 Å². The predicted molar refractivity (Wildman–Crippen MR) is 70.2 cm³/mol. The molecule has 0 aliphatic carbocycles. The number of fused-ring (bicyclic) bond motifs is 1. The third kappa shape index (κ3) is 2.70. The maximum absolute atomic E-state index is 5.83. The Bertz CT molecular complexity index is 410. The summed E-state index contributed by atoms with van der Waals surface area (Å²) in [5.74, 6) is 0.893. The number of rotatable bonds is 2. The summed E-state index contributed by atoms with van der Waals surface area (Å²) in [5, 5.41) is 0. The zero-order chi connectivity index (χ0) is 11.6. The van der Waals surface area contributed by atoms with Crippen molar-refractivity contribution in [3.63, 3.8) is 0 Å². The van der Waals surface area contributed by atoms with Gasteiger partial charge in [0.1, 0.15) is 5.75 Å². The molecular formula is C12H16N2OS. The van der Waals surface area contributed by atoms with E-state index in [0.29, 0.717) is 6.61 Å². The molecule has 0 fully saturated rings. The Hall–Kier alpha value is -1.16. The van der Waals surface area contributed by atoms with E-state index >= 15 is 0 Å². The van der Waals surface area contributed by atoms with Crippen LogP contribution in [0.5, 0.6) is 5.75 Å². The minimum atomic E-state index is 0.163. The summed E-state index contributed by atoms with van der Waals surface area (Å²) in [4.78, 5) is 0. The van der Waals surface area contributed by atoms with E-state index < -0.39 is 0 Å². The van der Waals surface area contributed by atoms with Gasteiger partial charge in [-0.3, -0.25) is 0 Å². The minimum Gasteiger partial charge on any atom is -0.492 e. The SMILES string of the molecule is CC(C)(C)COc1cccc2c1C=NSN2. The molecule has 0 saturated heterocycles. The molecule has 1 aliphatic rings. The number of nitrogens with one attached hydrogen (secondary N) is 1. The van der Waals surface area contributed by atoms with E-state index in [9.17, 15) is 0 Å². The van der Waals surface area contributed by atoms with Crippen LogP contribution >= 0.6 is 12.1 Å². The fraction of sp³-hybridized carbons (Fsp3) is 0.417. The van der Waals surface area contributed by atoms with Crippen molar-refractivity contribution in [2.75, 3.05) is 11.3 Å². The van der Waals surface area contributed by atoms with E-state index in [1.165, 1.54) is 12.1 Å². The van der Waals surface area contributed by atoms with E-state index in [1.54, 1.807) is 0 Å². The number of nitrogens with zero attached hydrogens (tertiary/aromatic N) is 1. The molecule has 4 heteroatoms. The molecule has 86 valence electrons. The highest BCUT2D eigenvalue weighted by atomic mass is 32.2. The Labute approximate surface area is 101 Å². The van der Waals surface area contributed by atoms with Crippen molar-refractivity contribution in [1.82, 2.24) is 0 Å². The number of ether oxygens (including phenoxy) is 1. The quantitative estimate of drug-likeness (QED) is 0.798. The monoisotopic (exact) mass is 236 g/mol. The van der Waals surface area contributed by atoms with E-state index in [-0.39, 0.29) is 5.41 Å². The highest BCUT2D eigenvalue weighted by molar-refractivity contribution is 7.99. The third-order valence-electron chi connectivity index (χ3n) is 2.12. The molecule has 0 aromatic heterocycles. The van der Waals surface area contributed by atoms with Gasteiger partial charge in [0, 0.05) is 0 Å². The van der Waals surface area contributed by atoms with Crippen LogP contribution in [0, 0.1) is 5.41 Å². The average Bonchev–Trinajstić information content (AvgIpc) is 2.25. The average molecular weight is 236 g/mol. The fourth-order valence-electron chi connectivity index (χ4n) is 1.34. The normalized spacial score (nSPS) is 14.2. The van der Waals surface area contributed by atoms with Crippen molar-refractivity contribution in [3.8, 4) is 5.75 Å². The fourth-order valence-corrected chi connectivity index (χ4v) is 1.83. The molecule has 0 bridgehead atoms. The van der Waals surface area contributed by atoms with Gasteiger partial charge in [-0.2, -0.15) is 0 Å². The molecule has 0 spiro atoms. The zero-order valence-electron chi connectivity index (χ0n) is 9.78.